The lowest BCUT2D eigenvalue weighted by atomic mass is 10.2. The highest BCUT2D eigenvalue weighted by Gasteiger charge is 2.22. The Morgan fingerprint density at radius 2 is 2.11 bits per heavy atom. The lowest BCUT2D eigenvalue weighted by Crippen LogP contribution is -2.43. The van der Waals surface area contributed by atoms with Gasteiger partial charge in [0.1, 0.15) is 0 Å². The molecule has 0 aliphatic heterocycles. The maximum Gasteiger partial charge on any atom is 0.328 e. The van der Waals surface area contributed by atoms with E-state index in [2.05, 4.69) is 15.5 Å². The molecule has 0 aliphatic carbocycles. The molecule has 1 aromatic carbocycles. The molecule has 2 rings (SSSR count). The number of nitrogens with one attached hydrogen (secondary N) is 2. The van der Waals surface area contributed by atoms with Gasteiger partial charge in [0.2, 0.25) is 0 Å². The van der Waals surface area contributed by atoms with E-state index < -0.39 is 24.5 Å². The van der Waals surface area contributed by atoms with E-state index in [0.29, 0.717) is 10.9 Å². The van der Waals surface area contributed by atoms with Crippen molar-refractivity contribution in [3.8, 4) is 0 Å². The Labute approximate surface area is 101 Å². The molecule has 0 aliphatic rings. The van der Waals surface area contributed by atoms with Gasteiger partial charge in [0.15, 0.2) is 11.7 Å². The minimum absolute atomic E-state index is 0.102. The zero-order valence-electron chi connectivity index (χ0n) is 9.25. The molecule has 1 atom stereocenters. The number of aromatic amines is 1. The number of carboxylic acid groups (broad SMARTS) is 1. The molecule has 18 heavy (non-hydrogen) atoms. The molecule has 1 amide bonds. The fourth-order valence-electron chi connectivity index (χ4n) is 1.55. The maximum atomic E-state index is 11.8. The van der Waals surface area contributed by atoms with Gasteiger partial charge in [-0.3, -0.25) is 9.89 Å². The van der Waals surface area contributed by atoms with Gasteiger partial charge < -0.3 is 15.5 Å². The summed E-state index contributed by atoms with van der Waals surface area (Å²) in [6.45, 7) is -0.677. The van der Waals surface area contributed by atoms with Gasteiger partial charge in [-0.05, 0) is 6.07 Å². The third-order valence-corrected chi connectivity index (χ3v) is 2.47. The number of benzene rings is 1. The Hall–Kier alpha value is -2.41. The summed E-state index contributed by atoms with van der Waals surface area (Å²) in [4.78, 5) is 22.5. The Morgan fingerprint density at radius 3 is 2.78 bits per heavy atom. The van der Waals surface area contributed by atoms with Crippen LogP contribution in [-0.4, -0.2) is 44.9 Å². The van der Waals surface area contributed by atoms with Gasteiger partial charge in [0.05, 0.1) is 12.1 Å². The van der Waals surface area contributed by atoms with Crippen LogP contribution >= 0.6 is 0 Å². The number of carbonyl (C=O) groups is 2. The van der Waals surface area contributed by atoms with Gasteiger partial charge in [0.25, 0.3) is 5.91 Å². The first-order valence-corrected chi connectivity index (χ1v) is 5.21. The van der Waals surface area contributed by atoms with Crippen LogP contribution in [0.15, 0.2) is 24.3 Å². The van der Waals surface area contributed by atoms with Crippen molar-refractivity contribution in [2.24, 2.45) is 0 Å². The normalized spacial score (nSPS) is 12.3. The summed E-state index contributed by atoms with van der Waals surface area (Å²) in [5.74, 6) is -1.94. The number of nitrogens with zero attached hydrogens (tertiary/aromatic N) is 1. The van der Waals surface area contributed by atoms with Crippen LogP contribution in [0, 0.1) is 0 Å². The molecule has 7 nitrogen and oxygen atoms in total. The van der Waals surface area contributed by atoms with Gasteiger partial charge in [0, 0.05) is 5.39 Å². The highest BCUT2D eigenvalue weighted by atomic mass is 16.4. The lowest BCUT2D eigenvalue weighted by Gasteiger charge is -2.10. The van der Waals surface area contributed by atoms with Gasteiger partial charge in [-0.15, -0.1) is 0 Å². The number of aliphatic hydroxyl groups is 1. The van der Waals surface area contributed by atoms with Crippen molar-refractivity contribution >= 4 is 22.8 Å². The highest BCUT2D eigenvalue weighted by Crippen LogP contribution is 2.14. The van der Waals surface area contributed by atoms with Crippen molar-refractivity contribution in [2.75, 3.05) is 6.61 Å². The van der Waals surface area contributed by atoms with Crippen LogP contribution in [0.1, 0.15) is 10.5 Å². The number of amides is 1. The average Bonchev–Trinajstić information content (AvgIpc) is 2.79. The molecule has 0 unspecified atom stereocenters. The smallest absolute Gasteiger partial charge is 0.328 e. The van der Waals surface area contributed by atoms with Crippen LogP contribution in [0.3, 0.4) is 0 Å². The topological polar surface area (TPSA) is 115 Å². The second-order valence-corrected chi connectivity index (χ2v) is 3.66. The molecule has 0 radical (unpaired) electrons. The van der Waals surface area contributed by atoms with Crippen molar-refractivity contribution in [2.45, 2.75) is 6.04 Å². The van der Waals surface area contributed by atoms with Crippen LogP contribution < -0.4 is 5.32 Å². The number of H-pyrrole nitrogens is 1. The molecule has 7 heteroatoms. The summed E-state index contributed by atoms with van der Waals surface area (Å²) in [5, 5.41) is 26.8. The summed E-state index contributed by atoms with van der Waals surface area (Å²) in [5.41, 5.74) is 0.781. The first-order valence-electron chi connectivity index (χ1n) is 5.21. The summed E-state index contributed by atoms with van der Waals surface area (Å²) in [6, 6.07) is 5.64. The highest BCUT2D eigenvalue weighted by molar-refractivity contribution is 6.05. The predicted octanol–water partition coefficient (Wildman–Crippen LogP) is -0.262. The largest absolute Gasteiger partial charge is 0.480 e. The molecule has 0 fully saturated rings. The van der Waals surface area contributed by atoms with Gasteiger partial charge in [-0.25, -0.2) is 4.79 Å². The van der Waals surface area contributed by atoms with E-state index in [1.54, 1.807) is 24.3 Å². The monoisotopic (exact) mass is 249 g/mol. The number of carboxylic acids is 1. The van der Waals surface area contributed by atoms with Crippen LogP contribution in [0.5, 0.6) is 0 Å². The van der Waals surface area contributed by atoms with Crippen LogP contribution in [-0.2, 0) is 4.79 Å². The number of rotatable bonds is 4. The van der Waals surface area contributed by atoms with Crippen molar-refractivity contribution < 1.29 is 19.8 Å². The standard InChI is InChI=1S/C11H11N3O4/c15-5-8(11(17)18)12-10(16)9-6-3-1-2-4-7(6)13-14-9/h1-4,8,15H,5H2,(H,12,16)(H,13,14)(H,17,18)/t8-/m1/s1. The van der Waals surface area contributed by atoms with E-state index in [0.717, 1.165) is 0 Å². The molecular weight excluding hydrogens is 238 g/mol. The van der Waals surface area contributed by atoms with E-state index in [9.17, 15) is 9.59 Å². The fraction of sp³-hybridized carbons (Fsp3) is 0.182. The summed E-state index contributed by atoms with van der Waals surface area (Å²) in [6.07, 6.45) is 0. The van der Waals surface area contributed by atoms with E-state index >= 15 is 0 Å². The number of hydrogen-bond acceptors (Lipinski definition) is 4. The Kier molecular flexibility index (Phi) is 3.24. The predicted molar refractivity (Wildman–Crippen MR) is 62.1 cm³/mol. The first kappa shape index (κ1) is 12.1. The van der Waals surface area contributed by atoms with Gasteiger partial charge in [-0.2, -0.15) is 5.10 Å². The second-order valence-electron chi connectivity index (χ2n) is 3.66. The molecule has 0 spiro atoms. The summed E-state index contributed by atoms with van der Waals surface area (Å²) in [7, 11) is 0. The van der Waals surface area contributed by atoms with Crippen LogP contribution in [0.25, 0.3) is 10.9 Å². The zero-order chi connectivity index (χ0) is 13.1. The number of fused-ring (bicyclic) bond motifs is 1. The number of aliphatic hydroxyl groups excluding tert-OH is 1. The lowest BCUT2D eigenvalue weighted by molar-refractivity contribution is -0.140. The Balaban J connectivity index is 2.26. The van der Waals surface area contributed by atoms with Crippen molar-refractivity contribution in [1.29, 1.82) is 0 Å². The fourth-order valence-corrected chi connectivity index (χ4v) is 1.55. The SMILES string of the molecule is O=C(N[C@H](CO)C(=O)O)c1n[nH]c2ccccc12. The molecule has 4 N–H and O–H groups in total. The third-order valence-electron chi connectivity index (χ3n) is 2.47. The molecule has 94 valence electrons. The number of para-hydroxylation sites is 1. The Morgan fingerprint density at radius 1 is 1.39 bits per heavy atom. The summed E-state index contributed by atoms with van der Waals surface area (Å²) >= 11 is 0. The van der Waals surface area contributed by atoms with Crippen molar-refractivity contribution in [1.82, 2.24) is 15.5 Å². The Bertz CT molecular complexity index is 593. The maximum absolute atomic E-state index is 11.8. The van der Waals surface area contributed by atoms with Gasteiger partial charge in [-0.1, -0.05) is 18.2 Å². The van der Waals surface area contributed by atoms with E-state index in [1.807, 2.05) is 0 Å². The van der Waals surface area contributed by atoms with E-state index in [-0.39, 0.29) is 5.69 Å². The first-order chi connectivity index (χ1) is 8.63. The number of hydrogen-bond donors (Lipinski definition) is 4. The molecule has 1 aromatic heterocycles. The molecule has 0 saturated carbocycles. The molecule has 1 heterocycles. The van der Waals surface area contributed by atoms with Crippen LogP contribution in [0.2, 0.25) is 0 Å². The third kappa shape index (κ3) is 2.16. The average molecular weight is 249 g/mol. The second kappa shape index (κ2) is 4.84. The minimum atomic E-state index is -1.34. The quantitative estimate of drug-likeness (QED) is 0.595. The van der Waals surface area contributed by atoms with E-state index in [4.69, 9.17) is 10.2 Å². The van der Waals surface area contributed by atoms with Crippen molar-refractivity contribution in [3.05, 3.63) is 30.0 Å². The van der Waals surface area contributed by atoms with E-state index in [1.165, 1.54) is 0 Å². The molecule has 2 aromatic rings. The molecule has 0 bridgehead atoms. The minimum Gasteiger partial charge on any atom is -0.480 e. The van der Waals surface area contributed by atoms with Crippen molar-refractivity contribution in [3.63, 3.8) is 0 Å². The van der Waals surface area contributed by atoms with Crippen LogP contribution in [0.4, 0.5) is 0 Å². The molecular formula is C11H11N3O4. The number of carbonyl (C=O) groups excluding carboxylic acids is 1. The summed E-state index contributed by atoms with van der Waals surface area (Å²) < 4.78 is 0. The molecule has 0 saturated heterocycles. The number of aliphatic carboxylic acids is 1. The number of aromatic nitrogens is 2. The zero-order valence-corrected chi connectivity index (χ0v) is 9.25. The van der Waals surface area contributed by atoms with Gasteiger partial charge >= 0.3 is 5.97 Å².